The molecule has 4 rings (SSSR count). The van der Waals surface area contributed by atoms with Crippen LogP contribution in [0.5, 0.6) is 5.75 Å². The minimum absolute atomic E-state index is 0.189. The van der Waals surface area contributed by atoms with Crippen LogP contribution in [-0.2, 0) is 0 Å². The van der Waals surface area contributed by atoms with Crippen molar-refractivity contribution in [3.63, 3.8) is 0 Å². The van der Waals surface area contributed by atoms with Crippen molar-refractivity contribution in [3.05, 3.63) is 52.0 Å². The van der Waals surface area contributed by atoms with Crippen molar-refractivity contribution in [1.29, 1.82) is 5.41 Å². The molecule has 0 aromatic heterocycles. The Kier molecular flexibility index (Phi) is 6.13. The van der Waals surface area contributed by atoms with Gasteiger partial charge in [0.05, 0.1) is 35.1 Å². The van der Waals surface area contributed by atoms with Gasteiger partial charge in [-0.15, -0.1) is 0 Å². The van der Waals surface area contributed by atoms with Crippen molar-refractivity contribution in [2.24, 2.45) is 4.99 Å². The molecule has 3 heterocycles. The summed E-state index contributed by atoms with van der Waals surface area (Å²) in [6.45, 7) is 5.35. The van der Waals surface area contributed by atoms with Crippen LogP contribution in [0.3, 0.4) is 0 Å². The van der Waals surface area contributed by atoms with Gasteiger partial charge in [0, 0.05) is 17.8 Å². The molecule has 8 nitrogen and oxygen atoms in total. The number of nitrogens with one attached hydrogen (secondary N) is 3. The summed E-state index contributed by atoms with van der Waals surface area (Å²) in [7, 11) is 0. The molecule has 0 aliphatic carbocycles. The SMILES string of the molecule is CC1=N/C(=C2\CN(C(=O)c3ccccc3O[C@H]3CCNC[C@@H]3O)CC2=N)NC(C)=C1Cl. The zero-order valence-corrected chi connectivity index (χ0v) is 18.3. The quantitative estimate of drug-likeness (QED) is 0.571. The van der Waals surface area contributed by atoms with Crippen LogP contribution in [0.1, 0.15) is 30.6 Å². The van der Waals surface area contributed by atoms with Gasteiger partial charge in [0.25, 0.3) is 5.91 Å². The molecule has 0 bridgehead atoms. The van der Waals surface area contributed by atoms with E-state index in [-0.39, 0.29) is 25.1 Å². The predicted octanol–water partition coefficient (Wildman–Crippen LogP) is 2.01. The van der Waals surface area contributed by atoms with Gasteiger partial charge < -0.3 is 30.8 Å². The topological polar surface area (TPSA) is 110 Å². The third-order valence-corrected chi connectivity index (χ3v) is 6.21. The van der Waals surface area contributed by atoms with E-state index >= 15 is 0 Å². The maximum Gasteiger partial charge on any atom is 0.258 e. The van der Waals surface area contributed by atoms with Gasteiger partial charge >= 0.3 is 0 Å². The van der Waals surface area contributed by atoms with Gasteiger partial charge in [-0.25, -0.2) is 4.99 Å². The summed E-state index contributed by atoms with van der Waals surface area (Å²) in [6.07, 6.45) is -0.338. The number of amides is 1. The van der Waals surface area contributed by atoms with Gasteiger partial charge in [-0.05, 0) is 38.9 Å². The number of β-amino-alcohol motifs (C(OH)–C–C–N with tert-alkyl or cyclic N) is 1. The number of hydrogen-bond acceptors (Lipinski definition) is 7. The number of ether oxygens (including phenoxy) is 1. The van der Waals surface area contributed by atoms with Crippen molar-refractivity contribution in [1.82, 2.24) is 15.5 Å². The first kappa shape index (κ1) is 21.5. The molecular weight excluding hydrogens is 418 g/mol. The Hall–Kier alpha value is -2.68. The van der Waals surface area contributed by atoms with E-state index in [1.807, 2.05) is 13.8 Å². The lowest BCUT2D eigenvalue weighted by atomic mass is 10.1. The van der Waals surface area contributed by atoms with E-state index in [9.17, 15) is 9.90 Å². The highest BCUT2D eigenvalue weighted by Crippen LogP contribution is 2.27. The fraction of sp³-hybridized carbons (Fsp3) is 0.409. The number of aliphatic hydroxyl groups is 1. The van der Waals surface area contributed by atoms with E-state index in [1.54, 1.807) is 29.2 Å². The number of nitrogens with zero attached hydrogens (tertiary/aromatic N) is 2. The molecular formula is C22H26ClN5O3. The number of halogens is 1. The van der Waals surface area contributed by atoms with E-state index in [0.29, 0.717) is 52.1 Å². The second-order valence-electron chi connectivity index (χ2n) is 7.94. The smallest absolute Gasteiger partial charge is 0.258 e. The van der Waals surface area contributed by atoms with Gasteiger partial charge in [0.2, 0.25) is 0 Å². The van der Waals surface area contributed by atoms with Gasteiger partial charge in [-0.3, -0.25) is 4.79 Å². The van der Waals surface area contributed by atoms with E-state index < -0.39 is 6.10 Å². The first-order valence-corrected chi connectivity index (χ1v) is 10.7. The summed E-state index contributed by atoms with van der Waals surface area (Å²) in [5, 5.41) is 25.4. The monoisotopic (exact) mass is 443 g/mol. The van der Waals surface area contributed by atoms with E-state index in [0.717, 1.165) is 12.2 Å². The highest BCUT2D eigenvalue weighted by molar-refractivity contribution is 6.43. The molecule has 0 unspecified atom stereocenters. The predicted molar refractivity (Wildman–Crippen MR) is 120 cm³/mol. The third kappa shape index (κ3) is 4.37. The van der Waals surface area contributed by atoms with Crippen molar-refractivity contribution >= 4 is 28.9 Å². The van der Waals surface area contributed by atoms with Crippen LogP contribution in [0.25, 0.3) is 0 Å². The van der Waals surface area contributed by atoms with E-state index in [1.165, 1.54) is 0 Å². The second-order valence-corrected chi connectivity index (χ2v) is 8.32. The number of piperidine rings is 1. The summed E-state index contributed by atoms with van der Waals surface area (Å²) < 4.78 is 6.03. The molecule has 3 aliphatic heterocycles. The number of aliphatic imine (C=N–C) groups is 1. The average Bonchev–Trinajstić information content (AvgIpc) is 3.15. The highest BCUT2D eigenvalue weighted by atomic mass is 35.5. The second kappa shape index (κ2) is 8.82. The summed E-state index contributed by atoms with van der Waals surface area (Å²) >= 11 is 6.20. The number of benzene rings is 1. The highest BCUT2D eigenvalue weighted by Gasteiger charge is 2.32. The first-order chi connectivity index (χ1) is 14.8. The van der Waals surface area contributed by atoms with Gasteiger partial charge in [0.15, 0.2) is 0 Å². The molecule has 164 valence electrons. The number of aliphatic hydroxyl groups excluding tert-OH is 1. The number of likely N-dealkylation sites (tertiary alicyclic amines) is 1. The fourth-order valence-electron chi connectivity index (χ4n) is 3.92. The standard InChI is InChI=1S/C22H26ClN5O3/c1-12-20(23)13(2)27-21(26-12)15-10-28(11-16(15)24)22(30)14-5-3-4-6-18(14)31-19-7-8-25-9-17(19)29/h3-6,17,19,24-26,29H,7-11H2,1-2H3/b21-15+,24-16?/t17-,19-/m0/s1. The normalized spacial score (nSPS) is 26.6. The fourth-order valence-corrected chi connectivity index (χ4v) is 4.01. The largest absolute Gasteiger partial charge is 0.487 e. The lowest BCUT2D eigenvalue weighted by molar-refractivity contribution is 0.0155. The Morgan fingerprint density at radius 3 is 2.84 bits per heavy atom. The Balaban J connectivity index is 1.55. The number of carbonyl (C=O) groups is 1. The number of hydrogen-bond donors (Lipinski definition) is 4. The lowest BCUT2D eigenvalue weighted by Crippen LogP contribution is -2.46. The lowest BCUT2D eigenvalue weighted by Gasteiger charge is -2.29. The molecule has 2 saturated heterocycles. The van der Waals surface area contributed by atoms with Crippen LogP contribution < -0.4 is 15.4 Å². The van der Waals surface area contributed by atoms with E-state index in [2.05, 4.69) is 15.6 Å². The number of allylic oxidation sites excluding steroid dienone is 2. The van der Waals surface area contributed by atoms with Crippen LogP contribution in [0.15, 0.2) is 51.4 Å². The molecule has 0 radical (unpaired) electrons. The number of para-hydroxylation sites is 1. The molecule has 3 aliphatic rings. The molecule has 1 aromatic rings. The molecule has 4 N–H and O–H groups in total. The Morgan fingerprint density at radius 2 is 2.10 bits per heavy atom. The molecule has 0 spiro atoms. The van der Waals surface area contributed by atoms with Crippen LogP contribution >= 0.6 is 11.6 Å². The van der Waals surface area contributed by atoms with Crippen molar-refractivity contribution in [3.8, 4) is 5.75 Å². The minimum atomic E-state index is -0.630. The Morgan fingerprint density at radius 1 is 1.32 bits per heavy atom. The van der Waals surface area contributed by atoms with Crippen molar-refractivity contribution in [2.45, 2.75) is 32.5 Å². The van der Waals surface area contributed by atoms with Crippen LogP contribution in [0, 0.1) is 5.41 Å². The van der Waals surface area contributed by atoms with E-state index in [4.69, 9.17) is 21.7 Å². The number of carbonyl (C=O) groups excluding carboxylic acids is 1. The Labute approximate surface area is 186 Å². The van der Waals surface area contributed by atoms with Crippen LogP contribution in [-0.4, -0.2) is 65.7 Å². The summed E-state index contributed by atoms with van der Waals surface area (Å²) in [4.78, 5) is 19.4. The Bertz CT molecular complexity index is 1020. The first-order valence-electron chi connectivity index (χ1n) is 10.3. The summed E-state index contributed by atoms with van der Waals surface area (Å²) in [5.74, 6) is 0.782. The molecule has 2 fully saturated rings. The summed E-state index contributed by atoms with van der Waals surface area (Å²) in [6, 6.07) is 7.05. The molecule has 2 atom stereocenters. The third-order valence-electron chi connectivity index (χ3n) is 5.65. The molecule has 31 heavy (non-hydrogen) atoms. The molecule has 9 heteroatoms. The average molecular weight is 444 g/mol. The minimum Gasteiger partial charge on any atom is -0.487 e. The maximum atomic E-state index is 13.3. The van der Waals surface area contributed by atoms with Crippen LogP contribution in [0.4, 0.5) is 0 Å². The zero-order chi connectivity index (χ0) is 22.1. The summed E-state index contributed by atoms with van der Waals surface area (Å²) in [5.41, 5.74) is 2.88. The zero-order valence-electron chi connectivity index (χ0n) is 17.5. The van der Waals surface area contributed by atoms with Crippen molar-refractivity contribution in [2.75, 3.05) is 26.2 Å². The molecule has 1 aromatic carbocycles. The van der Waals surface area contributed by atoms with Crippen LogP contribution in [0.2, 0.25) is 0 Å². The number of rotatable bonds is 3. The molecule has 1 amide bonds. The maximum absolute atomic E-state index is 13.3. The molecule has 0 saturated carbocycles. The van der Waals surface area contributed by atoms with Crippen molar-refractivity contribution < 1.29 is 14.6 Å². The van der Waals surface area contributed by atoms with Gasteiger partial charge in [-0.2, -0.15) is 0 Å². The van der Waals surface area contributed by atoms with Gasteiger partial charge in [-0.1, -0.05) is 23.7 Å². The van der Waals surface area contributed by atoms with Gasteiger partial charge in [0.1, 0.15) is 23.8 Å².